The fourth-order valence-electron chi connectivity index (χ4n) is 2.64. The van der Waals surface area contributed by atoms with Gasteiger partial charge >= 0.3 is 0 Å². The maximum Gasteiger partial charge on any atom is 0.243 e. The van der Waals surface area contributed by atoms with Crippen molar-refractivity contribution in [2.75, 3.05) is 31.1 Å². The van der Waals surface area contributed by atoms with E-state index < -0.39 is 10.0 Å². The fraction of sp³-hybridized carbons (Fsp3) is 0.375. The molecule has 1 aromatic carbocycles. The molecule has 0 bridgehead atoms. The largest absolute Gasteiger partial charge is 0.354 e. The van der Waals surface area contributed by atoms with Gasteiger partial charge in [0.1, 0.15) is 11.6 Å². The van der Waals surface area contributed by atoms with Crippen LogP contribution in [0.2, 0.25) is 0 Å². The van der Waals surface area contributed by atoms with Gasteiger partial charge in [0.05, 0.1) is 4.90 Å². The molecule has 0 radical (unpaired) electrons. The Morgan fingerprint density at radius 3 is 2.22 bits per heavy atom. The Hall–Kier alpha value is -1.99. The first-order valence-corrected chi connectivity index (χ1v) is 9.02. The number of hydrogen-bond donors (Lipinski definition) is 0. The van der Waals surface area contributed by atoms with Gasteiger partial charge in [0.25, 0.3) is 0 Å². The Morgan fingerprint density at radius 1 is 0.957 bits per heavy atom. The predicted octanol–water partition coefficient (Wildman–Crippen LogP) is 1.60. The molecule has 1 aromatic heterocycles. The molecule has 1 fully saturated rings. The van der Waals surface area contributed by atoms with Gasteiger partial charge in [-0.15, -0.1) is 0 Å². The second kappa shape index (κ2) is 6.25. The molecule has 0 aliphatic carbocycles. The molecule has 1 aliphatic heterocycles. The summed E-state index contributed by atoms with van der Waals surface area (Å²) in [4.78, 5) is 10.9. The van der Waals surface area contributed by atoms with Gasteiger partial charge in [0, 0.05) is 32.4 Å². The van der Waals surface area contributed by atoms with E-state index in [0.717, 1.165) is 17.2 Å². The minimum Gasteiger partial charge on any atom is -0.354 e. The van der Waals surface area contributed by atoms with E-state index in [1.807, 2.05) is 32.0 Å². The lowest BCUT2D eigenvalue weighted by Crippen LogP contribution is -2.48. The van der Waals surface area contributed by atoms with Gasteiger partial charge < -0.3 is 4.90 Å². The van der Waals surface area contributed by atoms with Crippen LogP contribution in [-0.2, 0) is 10.0 Å². The van der Waals surface area contributed by atoms with E-state index in [2.05, 4.69) is 14.9 Å². The summed E-state index contributed by atoms with van der Waals surface area (Å²) in [6.45, 7) is 5.96. The molecule has 23 heavy (non-hydrogen) atoms. The van der Waals surface area contributed by atoms with Crippen molar-refractivity contribution in [1.82, 2.24) is 14.3 Å². The molecular weight excluding hydrogens is 312 g/mol. The molecule has 3 rings (SSSR count). The topological polar surface area (TPSA) is 66.4 Å². The van der Waals surface area contributed by atoms with Crippen molar-refractivity contribution in [2.24, 2.45) is 0 Å². The van der Waals surface area contributed by atoms with Crippen molar-refractivity contribution in [3.63, 3.8) is 0 Å². The van der Waals surface area contributed by atoms with E-state index in [1.54, 1.807) is 22.6 Å². The summed E-state index contributed by atoms with van der Waals surface area (Å²) in [5, 5.41) is 0. The Morgan fingerprint density at radius 2 is 1.61 bits per heavy atom. The number of anilines is 1. The maximum absolute atomic E-state index is 12.7. The molecule has 0 atom stereocenters. The zero-order valence-electron chi connectivity index (χ0n) is 13.3. The first-order chi connectivity index (χ1) is 11.0. The third-order valence-corrected chi connectivity index (χ3v) is 5.90. The first-order valence-electron chi connectivity index (χ1n) is 7.58. The van der Waals surface area contributed by atoms with E-state index in [9.17, 15) is 8.42 Å². The van der Waals surface area contributed by atoms with Crippen LogP contribution in [-0.4, -0.2) is 48.9 Å². The predicted molar refractivity (Wildman–Crippen MR) is 88.9 cm³/mol. The molecule has 1 saturated heterocycles. The first kappa shape index (κ1) is 15.9. The van der Waals surface area contributed by atoms with E-state index >= 15 is 0 Å². The third-order valence-electron chi connectivity index (χ3n) is 3.98. The lowest BCUT2D eigenvalue weighted by molar-refractivity contribution is 0.383. The summed E-state index contributed by atoms with van der Waals surface area (Å²) < 4.78 is 26.9. The van der Waals surface area contributed by atoms with Crippen molar-refractivity contribution in [1.29, 1.82) is 0 Å². The van der Waals surface area contributed by atoms with Gasteiger partial charge in [-0.1, -0.05) is 17.7 Å². The van der Waals surface area contributed by atoms with Crippen LogP contribution in [0.1, 0.15) is 11.4 Å². The highest BCUT2D eigenvalue weighted by Gasteiger charge is 2.28. The van der Waals surface area contributed by atoms with Crippen molar-refractivity contribution in [3.05, 3.63) is 47.9 Å². The van der Waals surface area contributed by atoms with Crippen LogP contribution >= 0.6 is 0 Å². The number of hydrogen-bond acceptors (Lipinski definition) is 5. The second-order valence-corrected chi connectivity index (χ2v) is 7.60. The van der Waals surface area contributed by atoms with Crippen LogP contribution < -0.4 is 4.90 Å². The average Bonchev–Trinajstić information content (AvgIpc) is 2.55. The van der Waals surface area contributed by atoms with Gasteiger partial charge in [-0.2, -0.15) is 4.31 Å². The lowest BCUT2D eigenvalue weighted by atomic mass is 10.2. The third kappa shape index (κ3) is 3.35. The minimum atomic E-state index is -3.42. The number of aromatic nitrogens is 2. The summed E-state index contributed by atoms with van der Waals surface area (Å²) in [6.07, 6.45) is 1.73. The van der Waals surface area contributed by atoms with Crippen molar-refractivity contribution in [3.8, 4) is 0 Å². The number of aryl methyl sites for hydroxylation is 2. The highest BCUT2D eigenvalue weighted by atomic mass is 32.2. The highest BCUT2D eigenvalue weighted by Crippen LogP contribution is 2.20. The van der Waals surface area contributed by atoms with Crippen molar-refractivity contribution < 1.29 is 8.42 Å². The molecular formula is C16H20N4O2S. The number of piperazine rings is 1. The molecule has 2 aromatic rings. The summed E-state index contributed by atoms with van der Waals surface area (Å²) in [5.41, 5.74) is 1.05. The molecule has 122 valence electrons. The van der Waals surface area contributed by atoms with E-state index in [4.69, 9.17) is 0 Å². The second-order valence-electron chi connectivity index (χ2n) is 5.67. The van der Waals surface area contributed by atoms with Gasteiger partial charge in [-0.25, -0.2) is 18.4 Å². The SMILES string of the molecule is Cc1ccc(S(=O)(=O)N2CCN(c3ccnc(C)n3)CC2)cc1. The van der Waals surface area contributed by atoms with Crippen LogP contribution in [0.15, 0.2) is 41.4 Å². The molecule has 0 unspecified atom stereocenters. The molecule has 0 spiro atoms. The summed E-state index contributed by atoms with van der Waals surface area (Å²) in [7, 11) is -3.42. The Balaban J connectivity index is 1.72. The fourth-order valence-corrected chi connectivity index (χ4v) is 4.06. The summed E-state index contributed by atoms with van der Waals surface area (Å²) >= 11 is 0. The Kier molecular flexibility index (Phi) is 4.32. The molecule has 0 saturated carbocycles. The van der Waals surface area contributed by atoms with Gasteiger partial charge in [-0.05, 0) is 32.0 Å². The monoisotopic (exact) mass is 332 g/mol. The van der Waals surface area contributed by atoms with Crippen LogP contribution in [0.4, 0.5) is 5.82 Å². The van der Waals surface area contributed by atoms with E-state index in [0.29, 0.717) is 31.1 Å². The Labute approximate surface area is 136 Å². The van der Waals surface area contributed by atoms with E-state index in [1.165, 1.54) is 0 Å². The molecule has 0 amide bonds. The van der Waals surface area contributed by atoms with Gasteiger partial charge in [0.15, 0.2) is 0 Å². The molecule has 2 heterocycles. The number of nitrogens with zero attached hydrogens (tertiary/aromatic N) is 4. The zero-order valence-corrected chi connectivity index (χ0v) is 14.1. The number of rotatable bonds is 3. The summed E-state index contributed by atoms with van der Waals surface area (Å²) in [6, 6.07) is 8.85. The van der Waals surface area contributed by atoms with Crippen LogP contribution in [0.5, 0.6) is 0 Å². The van der Waals surface area contributed by atoms with Crippen molar-refractivity contribution >= 4 is 15.8 Å². The Bertz CT molecular complexity index is 782. The number of benzene rings is 1. The molecule has 7 heteroatoms. The maximum atomic E-state index is 12.7. The van der Waals surface area contributed by atoms with Gasteiger partial charge in [-0.3, -0.25) is 0 Å². The highest BCUT2D eigenvalue weighted by molar-refractivity contribution is 7.89. The van der Waals surface area contributed by atoms with Crippen LogP contribution in [0.3, 0.4) is 0 Å². The minimum absolute atomic E-state index is 0.356. The van der Waals surface area contributed by atoms with Crippen LogP contribution in [0, 0.1) is 13.8 Å². The summed E-state index contributed by atoms with van der Waals surface area (Å²) in [5.74, 6) is 1.57. The number of sulfonamides is 1. The lowest BCUT2D eigenvalue weighted by Gasteiger charge is -2.34. The van der Waals surface area contributed by atoms with Crippen LogP contribution in [0.25, 0.3) is 0 Å². The van der Waals surface area contributed by atoms with Crippen molar-refractivity contribution in [2.45, 2.75) is 18.7 Å². The average molecular weight is 332 g/mol. The molecule has 0 N–H and O–H groups in total. The zero-order chi connectivity index (χ0) is 16.4. The molecule has 6 nitrogen and oxygen atoms in total. The van der Waals surface area contributed by atoms with Gasteiger partial charge in [0.2, 0.25) is 10.0 Å². The smallest absolute Gasteiger partial charge is 0.243 e. The van der Waals surface area contributed by atoms with E-state index in [-0.39, 0.29) is 0 Å². The normalized spacial score (nSPS) is 16.5. The quantitative estimate of drug-likeness (QED) is 0.854. The molecule has 1 aliphatic rings. The standard InChI is InChI=1S/C16H20N4O2S/c1-13-3-5-15(6-4-13)23(21,22)20-11-9-19(10-12-20)16-7-8-17-14(2)18-16/h3-8H,9-12H2,1-2H3.